The van der Waals surface area contributed by atoms with Crippen LogP contribution in [0.5, 0.6) is 0 Å². The minimum absolute atomic E-state index is 0.619. The van der Waals surface area contributed by atoms with Crippen LogP contribution in [0.2, 0.25) is 6.04 Å². The van der Waals surface area contributed by atoms with Gasteiger partial charge in [-0.05, 0) is 6.04 Å². The van der Waals surface area contributed by atoms with Crippen molar-refractivity contribution in [2.24, 2.45) is 0 Å². The fourth-order valence-corrected chi connectivity index (χ4v) is 4.01. The number of hydrogen-bond acceptors (Lipinski definition) is 1. The second-order valence-corrected chi connectivity index (χ2v) is 12.2. The summed E-state index contributed by atoms with van der Waals surface area (Å²) in [5, 5.41) is 0. The monoisotopic (exact) mass is 340 g/mol. The minimum Gasteiger partial charge on any atom is -0.409 e. The van der Waals surface area contributed by atoms with E-state index in [0.29, 0.717) is 6.04 Å². The molecule has 4 heteroatoms. The van der Waals surface area contributed by atoms with Crippen molar-refractivity contribution in [2.45, 2.75) is 103 Å². The molecule has 0 rings (SSSR count). The molecule has 0 spiro atoms. The summed E-state index contributed by atoms with van der Waals surface area (Å²) in [7, 11) is 0. The standard InChI is InChI=1S/C16H34Cl2OSi/c1-2-3-4-5-6-7-8-9-10-11-12-13-14-15-16-20(17,18)19/h19H,2-16H2,1H3. The van der Waals surface area contributed by atoms with E-state index in [1.807, 2.05) is 0 Å². The summed E-state index contributed by atoms with van der Waals surface area (Å²) < 4.78 is 0. The Hall–Kier alpha value is 0.757. The Morgan fingerprint density at radius 2 is 0.900 bits per heavy atom. The molecular formula is C16H34Cl2OSi. The maximum Gasteiger partial charge on any atom is 0.386 e. The van der Waals surface area contributed by atoms with Gasteiger partial charge < -0.3 is 4.80 Å². The van der Waals surface area contributed by atoms with E-state index in [2.05, 4.69) is 6.92 Å². The zero-order chi connectivity index (χ0) is 15.1. The molecule has 122 valence electrons. The van der Waals surface area contributed by atoms with E-state index in [1.54, 1.807) is 0 Å². The number of unbranched alkanes of at least 4 members (excludes halogenated alkanes) is 13. The van der Waals surface area contributed by atoms with Crippen molar-refractivity contribution in [1.82, 2.24) is 0 Å². The van der Waals surface area contributed by atoms with Gasteiger partial charge in [-0.2, -0.15) is 0 Å². The third-order valence-corrected chi connectivity index (χ3v) is 5.92. The Morgan fingerprint density at radius 3 is 1.20 bits per heavy atom. The summed E-state index contributed by atoms with van der Waals surface area (Å²) in [6, 6.07) is 0.619. The maximum absolute atomic E-state index is 9.28. The zero-order valence-electron chi connectivity index (χ0n) is 13.3. The highest BCUT2D eigenvalue weighted by molar-refractivity contribution is 7.41. The van der Waals surface area contributed by atoms with Gasteiger partial charge in [-0.25, -0.2) is 0 Å². The zero-order valence-corrected chi connectivity index (χ0v) is 15.8. The summed E-state index contributed by atoms with van der Waals surface area (Å²) >= 11 is 11.3. The smallest absolute Gasteiger partial charge is 0.386 e. The average molecular weight is 341 g/mol. The van der Waals surface area contributed by atoms with Gasteiger partial charge in [0, 0.05) is 0 Å². The lowest BCUT2D eigenvalue weighted by atomic mass is 10.0. The summed E-state index contributed by atoms with van der Waals surface area (Å²) in [6.07, 6.45) is 18.8. The number of halogens is 2. The highest BCUT2D eigenvalue weighted by Gasteiger charge is 2.23. The van der Waals surface area contributed by atoms with Gasteiger partial charge in [-0.1, -0.05) is 96.8 Å². The fourth-order valence-electron chi connectivity index (χ4n) is 2.53. The van der Waals surface area contributed by atoms with E-state index in [-0.39, 0.29) is 0 Å². The van der Waals surface area contributed by atoms with E-state index in [4.69, 9.17) is 22.2 Å². The Kier molecular flexibility index (Phi) is 15.2. The summed E-state index contributed by atoms with van der Waals surface area (Å²) in [6.45, 7) is -0.544. The van der Waals surface area contributed by atoms with Crippen LogP contribution in [0.25, 0.3) is 0 Å². The maximum atomic E-state index is 9.28. The molecule has 0 aliphatic carbocycles. The molecule has 1 nitrogen and oxygen atoms in total. The molecule has 0 aliphatic heterocycles. The third kappa shape index (κ3) is 18.8. The van der Waals surface area contributed by atoms with Crippen LogP contribution in [0.3, 0.4) is 0 Å². The highest BCUT2D eigenvalue weighted by atomic mass is 35.7. The average Bonchev–Trinajstić information content (AvgIpc) is 2.38. The SMILES string of the molecule is CCCCCCCCCCCCCCCC[Si](O)(Cl)Cl. The lowest BCUT2D eigenvalue weighted by Crippen LogP contribution is -2.17. The van der Waals surface area contributed by atoms with Gasteiger partial charge >= 0.3 is 6.94 Å². The lowest BCUT2D eigenvalue weighted by molar-refractivity contribution is 0.534. The van der Waals surface area contributed by atoms with E-state index in [0.717, 1.165) is 12.8 Å². The molecule has 0 heterocycles. The second kappa shape index (κ2) is 14.7. The molecule has 0 atom stereocenters. The molecule has 0 aromatic heterocycles. The first-order chi connectivity index (χ1) is 9.56. The van der Waals surface area contributed by atoms with Gasteiger partial charge in [0.05, 0.1) is 0 Å². The van der Waals surface area contributed by atoms with Crippen LogP contribution >= 0.6 is 22.2 Å². The van der Waals surface area contributed by atoms with Crippen molar-refractivity contribution in [1.29, 1.82) is 0 Å². The molecule has 0 aromatic carbocycles. The van der Waals surface area contributed by atoms with Crippen LogP contribution < -0.4 is 0 Å². The number of rotatable bonds is 15. The van der Waals surface area contributed by atoms with Crippen LogP contribution in [0, 0.1) is 0 Å². The van der Waals surface area contributed by atoms with Crippen LogP contribution in [0.15, 0.2) is 0 Å². The topological polar surface area (TPSA) is 20.2 Å². The van der Waals surface area contributed by atoms with Crippen molar-refractivity contribution >= 4 is 29.1 Å². The molecule has 1 N–H and O–H groups in total. The minimum atomic E-state index is -2.82. The van der Waals surface area contributed by atoms with E-state index >= 15 is 0 Å². The van der Waals surface area contributed by atoms with Gasteiger partial charge in [0.2, 0.25) is 0 Å². The van der Waals surface area contributed by atoms with Crippen molar-refractivity contribution in [2.75, 3.05) is 0 Å². The molecule has 20 heavy (non-hydrogen) atoms. The fraction of sp³-hybridized carbons (Fsp3) is 1.00. The Morgan fingerprint density at radius 1 is 0.600 bits per heavy atom. The van der Waals surface area contributed by atoms with Crippen molar-refractivity contribution < 1.29 is 4.80 Å². The van der Waals surface area contributed by atoms with Gasteiger partial charge in [-0.15, -0.1) is 22.2 Å². The molecule has 0 unspecified atom stereocenters. The van der Waals surface area contributed by atoms with E-state index in [1.165, 1.54) is 77.0 Å². The lowest BCUT2D eigenvalue weighted by Gasteiger charge is -2.07. The molecular weight excluding hydrogens is 307 g/mol. The molecule has 0 aromatic rings. The quantitative estimate of drug-likeness (QED) is 0.196. The van der Waals surface area contributed by atoms with Crippen molar-refractivity contribution in [3.8, 4) is 0 Å². The van der Waals surface area contributed by atoms with Crippen molar-refractivity contribution in [3.05, 3.63) is 0 Å². The number of hydrogen-bond donors (Lipinski definition) is 1. The van der Waals surface area contributed by atoms with E-state index in [9.17, 15) is 4.80 Å². The third-order valence-electron chi connectivity index (χ3n) is 3.83. The van der Waals surface area contributed by atoms with Crippen LogP contribution in [0.4, 0.5) is 0 Å². The molecule has 0 radical (unpaired) electrons. The predicted octanol–water partition coefficient (Wildman–Crippen LogP) is 6.88. The van der Waals surface area contributed by atoms with Crippen LogP contribution in [0.1, 0.15) is 96.8 Å². The first-order valence-electron chi connectivity index (χ1n) is 8.66. The Labute approximate surface area is 137 Å². The molecule has 0 aliphatic rings. The first-order valence-corrected chi connectivity index (χ1v) is 12.8. The molecule has 0 amide bonds. The van der Waals surface area contributed by atoms with E-state index < -0.39 is 6.94 Å². The van der Waals surface area contributed by atoms with Crippen LogP contribution in [-0.4, -0.2) is 11.7 Å². The summed E-state index contributed by atoms with van der Waals surface area (Å²) in [5.41, 5.74) is 0. The largest absolute Gasteiger partial charge is 0.409 e. The van der Waals surface area contributed by atoms with Gasteiger partial charge in [0.1, 0.15) is 0 Å². The normalized spacial score (nSPS) is 12.0. The van der Waals surface area contributed by atoms with Crippen molar-refractivity contribution in [3.63, 3.8) is 0 Å². The predicted molar refractivity (Wildman–Crippen MR) is 94.8 cm³/mol. The second-order valence-electron chi connectivity index (χ2n) is 6.01. The highest BCUT2D eigenvalue weighted by Crippen LogP contribution is 2.20. The summed E-state index contributed by atoms with van der Waals surface area (Å²) in [4.78, 5) is 9.28. The Bertz CT molecular complexity index is 195. The first kappa shape index (κ1) is 20.8. The van der Waals surface area contributed by atoms with Gasteiger partial charge in [-0.3, -0.25) is 0 Å². The Balaban J connectivity index is 2.99. The van der Waals surface area contributed by atoms with Gasteiger partial charge in [0.15, 0.2) is 0 Å². The molecule has 0 fully saturated rings. The molecule has 0 saturated carbocycles. The van der Waals surface area contributed by atoms with Crippen LogP contribution in [-0.2, 0) is 0 Å². The summed E-state index contributed by atoms with van der Waals surface area (Å²) in [5.74, 6) is 0. The molecule has 0 bridgehead atoms. The molecule has 0 saturated heterocycles. The van der Waals surface area contributed by atoms with Gasteiger partial charge in [0.25, 0.3) is 0 Å².